The van der Waals surface area contributed by atoms with Gasteiger partial charge in [0, 0.05) is 36.3 Å². The van der Waals surface area contributed by atoms with Crippen molar-refractivity contribution >= 4 is 23.2 Å². The zero-order valence-corrected chi connectivity index (χ0v) is 14.8. The van der Waals surface area contributed by atoms with E-state index < -0.39 is 0 Å². The molecular formula is C20H21ClN2O2. The lowest BCUT2D eigenvalue weighted by molar-refractivity contribution is -0.124. The highest BCUT2D eigenvalue weighted by Gasteiger charge is 2.38. The third-order valence-corrected chi connectivity index (χ3v) is 5.35. The van der Waals surface area contributed by atoms with Crippen LogP contribution in [0.1, 0.15) is 36.5 Å². The summed E-state index contributed by atoms with van der Waals surface area (Å²) in [6.45, 7) is 1.37. The number of halogens is 1. The van der Waals surface area contributed by atoms with E-state index in [0.717, 1.165) is 54.1 Å². The summed E-state index contributed by atoms with van der Waals surface area (Å²) in [5.41, 5.74) is 3.20. The van der Waals surface area contributed by atoms with Crippen molar-refractivity contribution in [2.45, 2.75) is 31.8 Å². The van der Waals surface area contributed by atoms with Crippen LogP contribution in [0.2, 0.25) is 5.02 Å². The maximum atomic E-state index is 13.4. The minimum Gasteiger partial charge on any atom is -0.373 e. The van der Waals surface area contributed by atoms with Gasteiger partial charge in [-0.25, -0.2) is 0 Å². The minimum atomic E-state index is -0.186. The highest BCUT2D eigenvalue weighted by molar-refractivity contribution is 6.30. The molecule has 25 heavy (non-hydrogen) atoms. The quantitative estimate of drug-likeness (QED) is 0.810. The van der Waals surface area contributed by atoms with Crippen LogP contribution in [0.3, 0.4) is 0 Å². The number of rotatable bonds is 2. The highest BCUT2D eigenvalue weighted by Crippen LogP contribution is 2.38. The lowest BCUT2D eigenvalue weighted by atomic mass is 9.94. The second-order valence-electron chi connectivity index (χ2n) is 6.69. The molecule has 130 valence electrons. The van der Waals surface area contributed by atoms with E-state index in [1.54, 1.807) is 12.4 Å². The molecule has 4 rings (SSSR count). The van der Waals surface area contributed by atoms with E-state index in [1.165, 1.54) is 0 Å². The van der Waals surface area contributed by atoms with Crippen LogP contribution in [-0.4, -0.2) is 24.0 Å². The van der Waals surface area contributed by atoms with Gasteiger partial charge in [-0.2, -0.15) is 0 Å². The molecule has 2 aromatic rings. The van der Waals surface area contributed by atoms with Crippen LogP contribution in [0.5, 0.6) is 0 Å². The molecule has 0 N–H and O–H groups in total. The molecule has 5 heteroatoms. The van der Waals surface area contributed by atoms with Gasteiger partial charge < -0.3 is 9.64 Å². The molecule has 0 saturated carbocycles. The zero-order chi connectivity index (χ0) is 17.2. The van der Waals surface area contributed by atoms with Gasteiger partial charge in [-0.05, 0) is 67.1 Å². The van der Waals surface area contributed by atoms with Gasteiger partial charge in [0.25, 0.3) is 0 Å². The SMILES string of the molecule is O=C([C@@H]1CCO[C@H]1c1ccncc1)N1CCCCc2cc(Cl)ccc21. The summed E-state index contributed by atoms with van der Waals surface area (Å²) in [6.07, 6.45) is 7.12. The number of amides is 1. The second-order valence-corrected chi connectivity index (χ2v) is 7.12. The number of hydrogen-bond donors (Lipinski definition) is 0. The number of carbonyl (C=O) groups excluding carboxylic acids is 1. The van der Waals surface area contributed by atoms with Crippen molar-refractivity contribution in [2.75, 3.05) is 18.1 Å². The van der Waals surface area contributed by atoms with Crippen molar-refractivity contribution in [3.63, 3.8) is 0 Å². The fourth-order valence-electron chi connectivity index (χ4n) is 3.88. The van der Waals surface area contributed by atoms with E-state index in [2.05, 4.69) is 4.98 Å². The summed E-state index contributed by atoms with van der Waals surface area (Å²) >= 11 is 6.16. The first kappa shape index (κ1) is 16.6. The summed E-state index contributed by atoms with van der Waals surface area (Å²) in [6, 6.07) is 9.72. The smallest absolute Gasteiger partial charge is 0.233 e. The summed E-state index contributed by atoms with van der Waals surface area (Å²) in [4.78, 5) is 19.4. The molecule has 4 nitrogen and oxygen atoms in total. The molecule has 1 fully saturated rings. The zero-order valence-electron chi connectivity index (χ0n) is 14.0. The van der Waals surface area contributed by atoms with Crippen LogP contribution in [0, 0.1) is 5.92 Å². The normalized spacial score (nSPS) is 23.2. The monoisotopic (exact) mass is 356 g/mol. The Kier molecular flexibility index (Phi) is 4.73. The Hall–Kier alpha value is -1.91. The molecule has 1 aromatic carbocycles. The molecule has 0 unspecified atom stereocenters. The predicted octanol–water partition coefficient (Wildman–Crippen LogP) is 4.18. The highest BCUT2D eigenvalue weighted by atomic mass is 35.5. The number of pyridine rings is 1. The molecular weight excluding hydrogens is 336 g/mol. The van der Waals surface area contributed by atoms with Crippen LogP contribution in [-0.2, 0) is 16.0 Å². The van der Waals surface area contributed by atoms with E-state index in [1.807, 2.05) is 35.2 Å². The fourth-order valence-corrected chi connectivity index (χ4v) is 4.07. The van der Waals surface area contributed by atoms with Gasteiger partial charge in [0.05, 0.1) is 12.0 Å². The first-order valence-electron chi connectivity index (χ1n) is 8.85. The fraction of sp³-hybridized carbons (Fsp3) is 0.400. The Morgan fingerprint density at radius 3 is 2.88 bits per heavy atom. The van der Waals surface area contributed by atoms with Crippen LogP contribution in [0.25, 0.3) is 0 Å². The summed E-state index contributed by atoms with van der Waals surface area (Å²) < 4.78 is 5.91. The lowest BCUT2D eigenvalue weighted by Gasteiger charge is -2.28. The van der Waals surface area contributed by atoms with Gasteiger partial charge in [-0.15, -0.1) is 0 Å². The largest absolute Gasteiger partial charge is 0.373 e. The van der Waals surface area contributed by atoms with Gasteiger partial charge in [-0.3, -0.25) is 9.78 Å². The van der Waals surface area contributed by atoms with Gasteiger partial charge in [0.2, 0.25) is 5.91 Å². The number of hydrogen-bond acceptors (Lipinski definition) is 3. The molecule has 0 spiro atoms. The lowest BCUT2D eigenvalue weighted by Crippen LogP contribution is -2.38. The summed E-state index contributed by atoms with van der Waals surface area (Å²) in [5, 5.41) is 0.729. The number of aromatic nitrogens is 1. The Morgan fingerprint density at radius 2 is 2.04 bits per heavy atom. The van der Waals surface area contributed by atoms with Crippen LogP contribution in [0.15, 0.2) is 42.7 Å². The number of fused-ring (bicyclic) bond motifs is 1. The van der Waals surface area contributed by atoms with Crippen LogP contribution >= 0.6 is 11.6 Å². The van der Waals surface area contributed by atoms with Crippen LogP contribution < -0.4 is 4.90 Å². The van der Waals surface area contributed by atoms with Gasteiger partial charge in [-0.1, -0.05) is 11.6 Å². The molecule has 0 radical (unpaired) electrons. The van der Waals surface area contributed by atoms with Crippen molar-refractivity contribution in [1.29, 1.82) is 0 Å². The average molecular weight is 357 g/mol. The number of anilines is 1. The molecule has 0 bridgehead atoms. The number of carbonyl (C=O) groups is 1. The third kappa shape index (κ3) is 3.29. The topological polar surface area (TPSA) is 42.4 Å². The summed E-state index contributed by atoms with van der Waals surface area (Å²) in [5.74, 6) is 0.00816. The van der Waals surface area contributed by atoms with E-state index in [9.17, 15) is 4.79 Å². The molecule has 2 aliphatic heterocycles. The van der Waals surface area contributed by atoms with Gasteiger partial charge in [0.1, 0.15) is 0 Å². The number of nitrogens with zero attached hydrogens (tertiary/aromatic N) is 2. The molecule has 3 heterocycles. The number of aryl methyl sites for hydroxylation is 1. The Labute approximate surface area is 152 Å². The van der Waals surface area contributed by atoms with Gasteiger partial charge in [0.15, 0.2) is 0 Å². The summed E-state index contributed by atoms with van der Waals surface area (Å²) in [7, 11) is 0. The van der Waals surface area contributed by atoms with Crippen molar-refractivity contribution in [2.24, 2.45) is 5.92 Å². The Bertz CT molecular complexity index is 766. The van der Waals surface area contributed by atoms with E-state index >= 15 is 0 Å². The van der Waals surface area contributed by atoms with Crippen LogP contribution in [0.4, 0.5) is 5.69 Å². The van der Waals surface area contributed by atoms with Crippen molar-refractivity contribution < 1.29 is 9.53 Å². The Morgan fingerprint density at radius 1 is 1.20 bits per heavy atom. The minimum absolute atomic E-state index is 0.149. The molecule has 1 amide bonds. The number of ether oxygens (including phenoxy) is 1. The first-order chi connectivity index (χ1) is 12.2. The predicted molar refractivity (Wildman–Crippen MR) is 97.8 cm³/mol. The molecule has 1 saturated heterocycles. The molecule has 2 atom stereocenters. The molecule has 0 aliphatic carbocycles. The van der Waals surface area contributed by atoms with Crippen molar-refractivity contribution in [1.82, 2.24) is 4.98 Å². The van der Waals surface area contributed by atoms with E-state index in [0.29, 0.717) is 6.61 Å². The van der Waals surface area contributed by atoms with E-state index in [-0.39, 0.29) is 17.9 Å². The molecule has 2 aliphatic rings. The van der Waals surface area contributed by atoms with Crippen molar-refractivity contribution in [3.8, 4) is 0 Å². The maximum Gasteiger partial charge on any atom is 0.233 e. The third-order valence-electron chi connectivity index (χ3n) is 5.12. The van der Waals surface area contributed by atoms with Crippen molar-refractivity contribution in [3.05, 3.63) is 58.9 Å². The second kappa shape index (κ2) is 7.14. The first-order valence-corrected chi connectivity index (χ1v) is 9.23. The maximum absolute atomic E-state index is 13.4. The average Bonchev–Trinajstić information content (AvgIpc) is 3.03. The van der Waals surface area contributed by atoms with E-state index in [4.69, 9.17) is 16.3 Å². The Balaban J connectivity index is 1.64. The standard InChI is InChI=1S/C20H21ClN2O2/c21-16-4-5-18-15(13-16)3-1-2-11-23(18)20(24)17-8-12-25-19(17)14-6-9-22-10-7-14/h4-7,9-10,13,17,19H,1-3,8,11-12H2/t17-,19+/m1/s1. The van der Waals surface area contributed by atoms with Gasteiger partial charge >= 0.3 is 0 Å². The number of benzene rings is 1. The molecule has 1 aromatic heterocycles.